The van der Waals surface area contributed by atoms with Crippen molar-refractivity contribution in [2.45, 2.75) is 26.8 Å². The summed E-state index contributed by atoms with van der Waals surface area (Å²) in [6.45, 7) is 6.02. The molecule has 21 heavy (non-hydrogen) atoms. The Labute approximate surface area is 126 Å². The molecule has 0 aliphatic carbocycles. The lowest BCUT2D eigenvalue weighted by molar-refractivity contribution is 0.104. The van der Waals surface area contributed by atoms with Crippen LogP contribution in [0.4, 0.5) is 0 Å². The maximum absolute atomic E-state index is 12.2. The van der Waals surface area contributed by atoms with Gasteiger partial charge >= 0.3 is 0 Å². The van der Waals surface area contributed by atoms with Crippen LogP contribution >= 0.6 is 0 Å². The van der Waals surface area contributed by atoms with E-state index in [2.05, 4.69) is 24.4 Å². The maximum Gasteiger partial charge on any atom is 0.187 e. The molecular formula is C19H21NO. The van der Waals surface area contributed by atoms with Gasteiger partial charge in [-0.25, -0.2) is 0 Å². The van der Waals surface area contributed by atoms with Gasteiger partial charge in [0.25, 0.3) is 0 Å². The molecule has 0 radical (unpaired) electrons. The molecule has 0 amide bonds. The number of benzene rings is 2. The van der Waals surface area contributed by atoms with E-state index in [1.807, 2.05) is 56.3 Å². The lowest BCUT2D eigenvalue weighted by atomic mass is 10.1. The van der Waals surface area contributed by atoms with E-state index in [1.54, 1.807) is 6.08 Å². The molecule has 1 N–H and O–H groups in total. The second kappa shape index (κ2) is 6.89. The zero-order valence-electron chi connectivity index (χ0n) is 12.8. The van der Waals surface area contributed by atoms with Gasteiger partial charge in [0.15, 0.2) is 5.78 Å². The highest BCUT2D eigenvalue weighted by Crippen LogP contribution is 2.13. The molecule has 0 saturated heterocycles. The fraction of sp³-hybridized carbons (Fsp3) is 0.211. The lowest BCUT2D eigenvalue weighted by Gasteiger charge is -2.15. The van der Waals surface area contributed by atoms with Gasteiger partial charge in [-0.15, -0.1) is 0 Å². The summed E-state index contributed by atoms with van der Waals surface area (Å²) in [4.78, 5) is 12.2. The third-order valence-corrected chi connectivity index (χ3v) is 3.43. The standard InChI is InChI=1S/C19H21NO/c1-14-9-11-18(12-10-14)19(21)13-15(2)20-16(3)17-7-5-4-6-8-17/h4-13,16,20H,1-3H3/b15-13+. The molecule has 1 unspecified atom stereocenters. The molecule has 0 aliphatic rings. The van der Waals surface area contributed by atoms with E-state index in [-0.39, 0.29) is 11.8 Å². The fourth-order valence-corrected chi connectivity index (χ4v) is 2.21. The minimum absolute atomic E-state index is 0.0280. The summed E-state index contributed by atoms with van der Waals surface area (Å²) in [6.07, 6.45) is 1.66. The number of carbonyl (C=O) groups excluding carboxylic acids is 1. The normalized spacial score (nSPS) is 12.8. The Morgan fingerprint density at radius 1 is 1.05 bits per heavy atom. The average molecular weight is 279 g/mol. The quantitative estimate of drug-likeness (QED) is 0.648. The smallest absolute Gasteiger partial charge is 0.187 e. The van der Waals surface area contributed by atoms with Gasteiger partial charge in [0.2, 0.25) is 0 Å². The summed E-state index contributed by atoms with van der Waals surface area (Å²) >= 11 is 0. The monoisotopic (exact) mass is 279 g/mol. The molecule has 0 saturated carbocycles. The minimum atomic E-state index is 0.0280. The number of carbonyl (C=O) groups is 1. The predicted octanol–water partition coefficient (Wildman–Crippen LogP) is 4.43. The van der Waals surface area contributed by atoms with Gasteiger partial charge in [-0.2, -0.15) is 0 Å². The van der Waals surface area contributed by atoms with E-state index < -0.39 is 0 Å². The number of ketones is 1. The second-order valence-electron chi connectivity index (χ2n) is 5.33. The highest BCUT2D eigenvalue weighted by molar-refractivity contribution is 6.04. The van der Waals surface area contributed by atoms with Crippen LogP contribution in [0.25, 0.3) is 0 Å². The van der Waals surface area contributed by atoms with Crippen LogP contribution in [0.3, 0.4) is 0 Å². The third-order valence-electron chi connectivity index (χ3n) is 3.43. The van der Waals surface area contributed by atoms with Crippen LogP contribution in [0.1, 0.15) is 41.4 Å². The molecule has 0 aliphatic heterocycles. The van der Waals surface area contributed by atoms with Gasteiger partial charge in [-0.3, -0.25) is 4.79 Å². The second-order valence-corrected chi connectivity index (χ2v) is 5.33. The van der Waals surface area contributed by atoms with Crippen LogP contribution in [0.15, 0.2) is 66.4 Å². The molecule has 0 spiro atoms. The minimum Gasteiger partial charge on any atom is -0.382 e. The van der Waals surface area contributed by atoms with Gasteiger partial charge < -0.3 is 5.32 Å². The Morgan fingerprint density at radius 2 is 1.67 bits per heavy atom. The zero-order chi connectivity index (χ0) is 15.2. The number of hydrogen-bond acceptors (Lipinski definition) is 2. The number of aryl methyl sites for hydroxylation is 1. The summed E-state index contributed by atoms with van der Waals surface area (Å²) in [5.41, 5.74) is 3.95. The first-order valence-corrected chi connectivity index (χ1v) is 7.17. The first-order chi connectivity index (χ1) is 10.1. The van der Waals surface area contributed by atoms with Crippen LogP contribution in [0.5, 0.6) is 0 Å². The first-order valence-electron chi connectivity index (χ1n) is 7.17. The molecule has 0 aromatic heterocycles. The average Bonchev–Trinajstić information content (AvgIpc) is 2.48. The summed E-state index contributed by atoms with van der Waals surface area (Å²) < 4.78 is 0. The van der Waals surface area contributed by atoms with Crippen LogP contribution in [0.2, 0.25) is 0 Å². The van der Waals surface area contributed by atoms with Crippen molar-refractivity contribution in [1.82, 2.24) is 5.32 Å². The van der Waals surface area contributed by atoms with Crippen LogP contribution in [0, 0.1) is 6.92 Å². The van der Waals surface area contributed by atoms with E-state index in [0.717, 1.165) is 11.3 Å². The Balaban J connectivity index is 2.04. The van der Waals surface area contributed by atoms with Gasteiger partial charge in [0.05, 0.1) is 0 Å². The van der Waals surface area contributed by atoms with Crippen molar-refractivity contribution in [3.63, 3.8) is 0 Å². The topological polar surface area (TPSA) is 29.1 Å². The first kappa shape index (κ1) is 15.0. The lowest BCUT2D eigenvalue weighted by Crippen LogP contribution is -2.17. The van der Waals surface area contributed by atoms with Crippen molar-refractivity contribution in [2.24, 2.45) is 0 Å². The van der Waals surface area contributed by atoms with Gasteiger partial charge in [-0.05, 0) is 26.3 Å². The van der Waals surface area contributed by atoms with E-state index in [1.165, 1.54) is 5.56 Å². The molecule has 0 heterocycles. The Hall–Kier alpha value is -2.35. The molecule has 2 nitrogen and oxygen atoms in total. The van der Waals surface area contributed by atoms with Crippen molar-refractivity contribution in [2.75, 3.05) is 0 Å². The van der Waals surface area contributed by atoms with E-state index in [9.17, 15) is 4.79 Å². The SMILES string of the molecule is C/C(=C\C(=O)c1ccc(C)cc1)NC(C)c1ccccc1. The van der Waals surface area contributed by atoms with Crippen molar-refractivity contribution in [3.8, 4) is 0 Å². The summed E-state index contributed by atoms with van der Waals surface area (Å²) in [6, 6.07) is 18.0. The molecule has 2 heteroatoms. The number of allylic oxidation sites excluding steroid dienone is 2. The Kier molecular flexibility index (Phi) is 4.94. The molecule has 108 valence electrons. The fourth-order valence-electron chi connectivity index (χ4n) is 2.21. The van der Waals surface area contributed by atoms with Gasteiger partial charge in [-0.1, -0.05) is 60.2 Å². The molecule has 2 rings (SSSR count). The summed E-state index contributed by atoms with van der Waals surface area (Å²) in [7, 11) is 0. The summed E-state index contributed by atoms with van der Waals surface area (Å²) in [5.74, 6) is 0.0280. The van der Waals surface area contributed by atoms with Crippen molar-refractivity contribution >= 4 is 5.78 Å². The van der Waals surface area contributed by atoms with Crippen LogP contribution < -0.4 is 5.32 Å². The largest absolute Gasteiger partial charge is 0.382 e. The Bertz CT molecular complexity index is 626. The molecule has 0 fully saturated rings. The number of rotatable bonds is 5. The molecule has 0 bridgehead atoms. The zero-order valence-corrected chi connectivity index (χ0v) is 12.8. The van der Waals surface area contributed by atoms with E-state index >= 15 is 0 Å². The van der Waals surface area contributed by atoms with E-state index in [4.69, 9.17) is 0 Å². The highest BCUT2D eigenvalue weighted by atomic mass is 16.1. The number of hydrogen-bond donors (Lipinski definition) is 1. The summed E-state index contributed by atoms with van der Waals surface area (Å²) in [5, 5.41) is 3.35. The van der Waals surface area contributed by atoms with E-state index in [0.29, 0.717) is 5.56 Å². The Morgan fingerprint density at radius 3 is 2.29 bits per heavy atom. The molecule has 2 aromatic rings. The van der Waals surface area contributed by atoms with Crippen molar-refractivity contribution < 1.29 is 4.79 Å². The van der Waals surface area contributed by atoms with Gasteiger partial charge in [0, 0.05) is 23.4 Å². The van der Waals surface area contributed by atoms with Crippen molar-refractivity contribution in [1.29, 1.82) is 0 Å². The molecular weight excluding hydrogens is 258 g/mol. The van der Waals surface area contributed by atoms with Gasteiger partial charge in [0.1, 0.15) is 0 Å². The third kappa shape index (κ3) is 4.32. The molecule has 1 atom stereocenters. The predicted molar refractivity (Wildman–Crippen MR) is 87.3 cm³/mol. The highest BCUT2D eigenvalue weighted by Gasteiger charge is 2.06. The maximum atomic E-state index is 12.2. The number of nitrogens with one attached hydrogen (secondary N) is 1. The van der Waals surface area contributed by atoms with Crippen LogP contribution in [-0.4, -0.2) is 5.78 Å². The van der Waals surface area contributed by atoms with Crippen molar-refractivity contribution in [3.05, 3.63) is 83.1 Å². The molecule has 2 aromatic carbocycles. The van der Waals surface area contributed by atoms with Crippen LogP contribution in [-0.2, 0) is 0 Å².